The van der Waals surface area contributed by atoms with Gasteiger partial charge in [0.05, 0.1) is 5.52 Å². The van der Waals surface area contributed by atoms with E-state index in [0.717, 1.165) is 16.5 Å². The second-order valence-corrected chi connectivity index (χ2v) is 10.4. The Kier molecular flexibility index (Phi) is 4.93. The van der Waals surface area contributed by atoms with Crippen LogP contribution in [0.4, 0.5) is 0 Å². The Morgan fingerprint density at radius 2 is 1.25 bits per heavy atom. The average molecular weight is 478 g/mol. The third-order valence-electron chi connectivity index (χ3n) is 7.00. The Balaban J connectivity index is 1.23. The quantitative estimate of drug-likeness (QED) is 0.247. The molecule has 5 aromatic carbocycles. The average Bonchev–Trinajstić information content (AvgIpc) is 3.32. The lowest BCUT2D eigenvalue weighted by molar-refractivity contribution is 1.40. The SMILES string of the molecule is Cc1ccc(-c2ccc3cc(-c4ccc(-c5cccc6c5sc5ccccc56)cc4)cnc3c2)cc1. The minimum atomic E-state index is 1.02. The summed E-state index contributed by atoms with van der Waals surface area (Å²) in [6.45, 7) is 2.12. The van der Waals surface area contributed by atoms with E-state index < -0.39 is 0 Å². The molecule has 0 spiro atoms. The van der Waals surface area contributed by atoms with E-state index in [9.17, 15) is 0 Å². The molecule has 0 saturated carbocycles. The van der Waals surface area contributed by atoms with Crippen molar-refractivity contribution in [2.75, 3.05) is 0 Å². The minimum Gasteiger partial charge on any atom is -0.256 e. The summed E-state index contributed by atoms with van der Waals surface area (Å²) in [6, 6.07) is 41.6. The van der Waals surface area contributed by atoms with Gasteiger partial charge in [0.25, 0.3) is 0 Å². The lowest BCUT2D eigenvalue weighted by Gasteiger charge is -2.08. The predicted molar refractivity (Wildman–Crippen MR) is 156 cm³/mol. The molecule has 36 heavy (non-hydrogen) atoms. The summed E-state index contributed by atoms with van der Waals surface area (Å²) < 4.78 is 2.69. The molecule has 0 aliphatic rings. The largest absolute Gasteiger partial charge is 0.256 e. The summed E-state index contributed by atoms with van der Waals surface area (Å²) in [7, 11) is 0. The monoisotopic (exact) mass is 477 g/mol. The molecule has 0 atom stereocenters. The number of nitrogens with zero attached hydrogens (tertiary/aromatic N) is 1. The molecule has 0 amide bonds. The van der Waals surface area contributed by atoms with Gasteiger partial charge in [0.2, 0.25) is 0 Å². The van der Waals surface area contributed by atoms with E-state index in [1.807, 2.05) is 17.5 Å². The zero-order valence-electron chi connectivity index (χ0n) is 19.9. The van der Waals surface area contributed by atoms with E-state index in [0.29, 0.717) is 0 Å². The number of thiophene rings is 1. The highest BCUT2D eigenvalue weighted by molar-refractivity contribution is 7.26. The molecule has 0 fully saturated rings. The topological polar surface area (TPSA) is 12.9 Å². The van der Waals surface area contributed by atoms with E-state index in [-0.39, 0.29) is 0 Å². The smallest absolute Gasteiger partial charge is 0.0708 e. The molecule has 0 bridgehead atoms. The normalized spacial score (nSPS) is 11.5. The van der Waals surface area contributed by atoms with Gasteiger partial charge < -0.3 is 0 Å². The van der Waals surface area contributed by atoms with Gasteiger partial charge in [0, 0.05) is 37.3 Å². The summed E-state index contributed by atoms with van der Waals surface area (Å²) >= 11 is 1.88. The molecule has 0 radical (unpaired) electrons. The number of hydrogen-bond acceptors (Lipinski definition) is 2. The Hall–Kier alpha value is -4.27. The first kappa shape index (κ1) is 21.0. The Bertz CT molecular complexity index is 1880. The van der Waals surface area contributed by atoms with Crippen molar-refractivity contribution >= 4 is 42.4 Å². The lowest BCUT2D eigenvalue weighted by Crippen LogP contribution is -1.86. The fourth-order valence-corrected chi connectivity index (χ4v) is 6.26. The van der Waals surface area contributed by atoms with Gasteiger partial charge in [-0.2, -0.15) is 0 Å². The van der Waals surface area contributed by atoms with Crippen LogP contribution in [-0.4, -0.2) is 4.98 Å². The molecule has 2 aromatic heterocycles. The molecular weight excluding hydrogens is 454 g/mol. The van der Waals surface area contributed by atoms with Crippen LogP contribution in [0.2, 0.25) is 0 Å². The molecule has 170 valence electrons. The van der Waals surface area contributed by atoms with Crippen LogP contribution in [0.1, 0.15) is 5.56 Å². The van der Waals surface area contributed by atoms with Gasteiger partial charge in [-0.1, -0.05) is 103 Å². The highest BCUT2D eigenvalue weighted by Crippen LogP contribution is 2.40. The first-order valence-corrected chi connectivity index (χ1v) is 13.0. The van der Waals surface area contributed by atoms with Crippen molar-refractivity contribution in [1.29, 1.82) is 0 Å². The number of benzene rings is 5. The maximum atomic E-state index is 4.81. The van der Waals surface area contributed by atoms with Crippen LogP contribution in [0, 0.1) is 6.92 Å². The standard InChI is InChI=1S/C34H23NS/c1-22-9-11-23(12-10-22)26-17-18-27-19-28(21-35-32(27)20-26)24-13-15-25(16-14-24)29-6-4-7-31-30-5-2-3-8-33(30)36-34(29)31/h2-21H,1H3. The first-order chi connectivity index (χ1) is 17.7. The van der Waals surface area contributed by atoms with Crippen molar-refractivity contribution in [2.24, 2.45) is 0 Å². The van der Waals surface area contributed by atoms with Crippen LogP contribution < -0.4 is 0 Å². The van der Waals surface area contributed by atoms with E-state index in [1.54, 1.807) is 0 Å². The third kappa shape index (κ3) is 3.59. The van der Waals surface area contributed by atoms with Gasteiger partial charge in [-0.3, -0.25) is 4.98 Å². The second-order valence-electron chi connectivity index (χ2n) is 9.36. The summed E-state index contributed by atoms with van der Waals surface area (Å²) in [5.74, 6) is 0. The molecule has 7 rings (SSSR count). The first-order valence-electron chi connectivity index (χ1n) is 12.2. The summed E-state index contributed by atoms with van der Waals surface area (Å²) in [4.78, 5) is 4.81. The number of aryl methyl sites for hydroxylation is 1. The fourth-order valence-electron chi connectivity index (χ4n) is 5.02. The molecule has 0 aliphatic heterocycles. The van der Waals surface area contributed by atoms with Crippen molar-refractivity contribution < 1.29 is 0 Å². The van der Waals surface area contributed by atoms with Crippen molar-refractivity contribution in [3.05, 3.63) is 127 Å². The number of pyridine rings is 1. The minimum absolute atomic E-state index is 1.02. The Morgan fingerprint density at radius 1 is 0.556 bits per heavy atom. The van der Waals surface area contributed by atoms with Crippen LogP contribution >= 0.6 is 11.3 Å². The summed E-state index contributed by atoms with van der Waals surface area (Å²) in [6.07, 6.45) is 1.99. The second kappa shape index (κ2) is 8.44. The zero-order chi connectivity index (χ0) is 24.1. The van der Waals surface area contributed by atoms with E-state index in [2.05, 4.69) is 122 Å². The number of aromatic nitrogens is 1. The van der Waals surface area contributed by atoms with E-state index in [1.165, 1.54) is 53.6 Å². The molecule has 0 N–H and O–H groups in total. The zero-order valence-corrected chi connectivity index (χ0v) is 20.7. The van der Waals surface area contributed by atoms with Crippen molar-refractivity contribution in [2.45, 2.75) is 6.92 Å². The highest BCUT2D eigenvalue weighted by Gasteiger charge is 2.10. The van der Waals surface area contributed by atoms with Gasteiger partial charge in [-0.15, -0.1) is 11.3 Å². The van der Waals surface area contributed by atoms with E-state index >= 15 is 0 Å². The maximum absolute atomic E-state index is 4.81. The van der Waals surface area contributed by atoms with Gasteiger partial charge in [0.1, 0.15) is 0 Å². The Labute approximate surface area is 214 Å². The van der Waals surface area contributed by atoms with Gasteiger partial charge in [0.15, 0.2) is 0 Å². The number of hydrogen-bond donors (Lipinski definition) is 0. The molecule has 2 heteroatoms. The number of rotatable bonds is 3. The van der Waals surface area contributed by atoms with Crippen LogP contribution in [0.15, 0.2) is 121 Å². The van der Waals surface area contributed by atoms with Gasteiger partial charge in [-0.25, -0.2) is 0 Å². The summed E-state index contributed by atoms with van der Waals surface area (Å²) in [5.41, 5.74) is 9.56. The third-order valence-corrected chi connectivity index (χ3v) is 8.22. The Morgan fingerprint density at radius 3 is 2.11 bits per heavy atom. The van der Waals surface area contributed by atoms with Crippen molar-refractivity contribution in [3.63, 3.8) is 0 Å². The highest BCUT2D eigenvalue weighted by atomic mass is 32.1. The predicted octanol–water partition coefficient (Wildman–Crippen LogP) is 9.91. The molecule has 0 aliphatic carbocycles. The molecule has 7 aromatic rings. The van der Waals surface area contributed by atoms with Crippen LogP contribution in [0.25, 0.3) is 64.5 Å². The van der Waals surface area contributed by atoms with Crippen molar-refractivity contribution in [1.82, 2.24) is 4.98 Å². The fraction of sp³-hybridized carbons (Fsp3) is 0.0294. The van der Waals surface area contributed by atoms with Crippen LogP contribution in [0.3, 0.4) is 0 Å². The summed E-state index contributed by atoms with van der Waals surface area (Å²) in [5, 5.41) is 3.83. The lowest BCUT2D eigenvalue weighted by atomic mass is 9.98. The van der Waals surface area contributed by atoms with E-state index in [4.69, 9.17) is 4.98 Å². The maximum Gasteiger partial charge on any atom is 0.0708 e. The molecule has 0 unspecified atom stereocenters. The van der Waals surface area contributed by atoms with Gasteiger partial charge >= 0.3 is 0 Å². The molecule has 1 nitrogen and oxygen atoms in total. The van der Waals surface area contributed by atoms with Crippen LogP contribution in [0.5, 0.6) is 0 Å². The van der Waals surface area contributed by atoms with Crippen LogP contribution in [-0.2, 0) is 0 Å². The van der Waals surface area contributed by atoms with Crippen molar-refractivity contribution in [3.8, 4) is 33.4 Å². The molecule has 0 saturated heterocycles. The number of fused-ring (bicyclic) bond motifs is 4. The molecular formula is C34H23NS. The van der Waals surface area contributed by atoms with Gasteiger partial charge in [-0.05, 0) is 52.9 Å². The molecule has 2 heterocycles.